The third kappa shape index (κ3) is 6.27. The molecule has 0 saturated carbocycles. The van der Waals surface area contributed by atoms with Crippen molar-refractivity contribution >= 4 is 8.32 Å². The van der Waals surface area contributed by atoms with Gasteiger partial charge in [0.15, 0.2) is 14.6 Å². The van der Waals surface area contributed by atoms with Crippen LogP contribution in [0.2, 0.25) is 18.1 Å². The third-order valence-corrected chi connectivity index (χ3v) is 10.9. The summed E-state index contributed by atoms with van der Waals surface area (Å²) < 4.78 is 18.6. The van der Waals surface area contributed by atoms with E-state index in [1.165, 1.54) is 0 Å². The Bertz CT molecular complexity index is 890. The molecule has 3 rings (SSSR count). The first-order valence-electron chi connectivity index (χ1n) is 11.2. The minimum atomic E-state index is -1.79. The minimum absolute atomic E-state index is 0.192. The molecule has 2 atom stereocenters. The number of benzene rings is 2. The first-order valence-corrected chi connectivity index (χ1v) is 14.1. The average molecular weight is 438 g/mol. The topological polar surface area (TPSA) is 51.5 Å². The Balaban J connectivity index is 1.79. The number of nitrogens with zero attached hydrogens (tertiary/aromatic N) is 1. The van der Waals surface area contributed by atoms with Crippen LogP contribution >= 0.6 is 0 Å². The van der Waals surface area contributed by atoms with Crippen molar-refractivity contribution in [3.8, 4) is 6.07 Å². The van der Waals surface area contributed by atoms with Crippen molar-refractivity contribution in [2.24, 2.45) is 0 Å². The van der Waals surface area contributed by atoms with Crippen molar-refractivity contribution < 1.29 is 13.9 Å². The van der Waals surface area contributed by atoms with Gasteiger partial charge in [-0.05, 0) is 66.2 Å². The quantitative estimate of drug-likeness (QED) is 0.452. The molecule has 1 fully saturated rings. The maximum atomic E-state index is 9.33. The van der Waals surface area contributed by atoms with E-state index in [-0.39, 0.29) is 17.4 Å². The fraction of sp³-hybridized carbons (Fsp3) is 0.500. The smallest absolute Gasteiger partial charge is 0.192 e. The number of nitriles is 1. The van der Waals surface area contributed by atoms with Gasteiger partial charge in [-0.1, -0.05) is 57.2 Å². The fourth-order valence-corrected chi connectivity index (χ4v) is 4.32. The zero-order valence-corrected chi connectivity index (χ0v) is 20.5. The predicted molar refractivity (Wildman–Crippen MR) is 126 cm³/mol. The summed E-state index contributed by atoms with van der Waals surface area (Å²) in [6, 6.07) is 18.3. The highest BCUT2D eigenvalue weighted by Crippen LogP contribution is 2.37. The second-order valence-electron chi connectivity index (χ2n) is 9.84. The number of hydrogen-bond donors (Lipinski definition) is 0. The van der Waals surface area contributed by atoms with E-state index >= 15 is 0 Å². The zero-order chi connectivity index (χ0) is 22.5. The molecule has 4 nitrogen and oxygen atoms in total. The molecule has 0 spiro atoms. The molecule has 1 saturated heterocycles. The second-order valence-corrected chi connectivity index (χ2v) is 14.6. The van der Waals surface area contributed by atoms with E-state index in [0.717, 1.165) is 42.6 Å². The van der Waals surface area contributed by atoms with Crippen molar-refractivity contribution in [2.45, 2.75) is 77.2 Å². The minimum Gasteiger partial charge on any atom is -0.413 e. The molecule has 0 aromatic heterocycles. The van der Waals surface area contributed by atoms with Crippen LogP contribution in [0.5, 0.6) is 0 Å². The normalized spacial score (nSPS) is 18.4. The Kier molecular flexibility index (Phi) is 7.71. The van der Waals surface area contributed by atoms with Crippen LogP contribution in [-0.4, -0.2) is 21.2 Å². The average Bonchev–Trinajstić information content (AvgIpc) is 2.76. The maximum absolute atomic E-state index is 9.33. The molecule has 1 aliphatic rings. The van der Waals surface area contributed by atoms with Crippen LogP contribution in [0.25, 0.3) is 0 Å². The molecule has 1 aliphatic heterocycles. The Morgan fingerprint density at radius 3 is 2.45 bits per heavy atom. The van der Waals surface area contributed by atoms with Crippen molar-refractivity contribution in [2.75, 3.05) is 6.61 Å². The fourth-order valence-electron chi connectivity index (χ4n) is 3.36. The van der Waals surface area contributed by atoms with Gasteiger partial charge in [0.1, 0.15) is 6.10 Å². The van der Waals surface area contributed by atoms with E-state index in [4.69, 9.17) is 13.9 Å². The van der Waals surface area contributed by atoms with E-state index in [1.807, 2.05) is 24.3 Å². The Hall–Kier alpha value is -1.97. The van der Waals surface area contributed by atoms with Crippen molar-refractivity contribution in [1.29, 1.82) is 5.26 Å². The number of ether oxygens (including phenoxy) is 2. The molecule has 0 bridgehead atoms. The molecule has 0 aliphatic carbocycles. The molecule has 2 aromatic rings. The van der Waals surface area contributed by atoms with Gasteiger partial charge in [0, 0.05) is 6.61 Å². The lowest BCUT2D eigenvalue weighted by molar-refractivity contribution is -0.181. The molecule has 1 unspecified atom stereocenters. The van der Waals surface area contributed by atoms with E-state index in [1.54, 1.807) is 0 Å². The van der Waals surface area contributed by atoms with Crippen molar-refractivity contribution in [1.82, 2.24) is 0 Å². The second kappa shape index (κ2) is 10.1. The molecule has 5 heteroatoms. The van der Waals surface area contributed by atoms with Gasteiger partial charge in [0.05, 0.1) is 18.2 Å². The summed E-state index contributed by atoms with van der Waals surface area (Å²) in [4.78, 5) is 0. The van der Waals surface area contributed by atoms with Gasteiger partial charge in [-0.3, -0.25) is 0 Å². The highest BCUT2D eigenvalue weighted by Gasteiger charge is 2.37. The summed E-state index contributed by atoms with van der Waals surface area (Å²) in [5.74, 6) is 0. The van der Waals surface area contributed by atoms with Gasteiger partial charge in [-0.25, -0.2) is 0 Å². The summed E-state index contributed by atoms with van der Waals surface area (Å²) in [5, 5.41) is 9.52. The standard InChI is InChI=1S/C26H35NO3Si/c1-26(2,3)31(4,5)29-19-20-12-14-22(15-13-20)25(30-24-11-6-7-16-28-24)23-10-8-9-21(17-23)18-27/h8-10,12-15,17,24-25H,6-7,11,16,19H2,1-5H3/t24?,25-/m0/s1. The van der Waals surface area contributed by atoms with Crippen LogP contribution in [0.3, 0.4) is 0 Å². The van der Waals surface area contributed by atoms with Crippen molar-refractivity contribution in [3.63, 3.8) is 0 Å². The molecule has 0 N–H and O–H groups in total. The predicted octanol–water partition coefficient (Wildman–Crippen LogP) is 6.71. The highest BCUT2D eigenvalue weighted by atomic mass is 28.4. The summed E-state index contributed by atoms with van der Waals surface area (Å²) in [7, 11) is -1.79. The van der Waals surface area contributed by atoms with Crippen LogP contribution in [-0.2, 0) is 20.5 Å². The van der Waals surface area contributed by atoms with Gasteiger partial charge in [0.2, 0.25) is 0 Å². The lowest BCUT2D eigenvalue weighted by Crippen LogP contribution is -2.40. The monoisotopic (exact) mass is 437 g/mol. The zero-order valence-electron chi connectivity index (χ0n) is 19.5. The van der Waals surface area contributed by atoms with Crippen molar-refractivity contribution in [3.05, 3.63) is 70.8 Å². The van der Waals surface area contributed by atoms with Crippen LogP contribution in [0.1, 0.15) is 68.4 Å². The van der Waals surface area contributed by atoms with E-state index in [2.05, 4.69) is 64.2 Å². The lowest BCUT2D eigenvalue weighted by atomic mass is 9.98. The largest absolute Gasteiger partial charge is 0.413 e. The van der Waals surface area contributed by atoms with Gasteiger partial charge >= 0.3 is 0 Å². The molecule has 2 aromatic carbocycles. The van der Waals surface area contributed by atoms with Gasteiger partial charge in [-0.2, -0.15) is 5.26 Å². The van der Waals surface area contributed by atoms with E-state index in [0.29, 0.717) is 12.2 Å². The van der Waals surface area contributed by atoms with Crippen LogP contribution in [0.15, 0.2) is 48.5 Å². The third-order valence-electron chi connectivity index (χ3n) is 6.43. The molecular weight excluding hydrogens is 402 g/mol. The van der Waals surface area contributed by atoms with E-state index < -0.39 is 8.32 Å². The summed E-state index contributed by atoms with van der Waals surface area (Å²) in [6.45, 7) is 12.7. The highest BCUT2D eigenvalue weighted by molar-refractivity contribution is 6.74. The van der Waals surface area contributed by atoms with Gasteiger partial charge < -0.3 is 13.9 Å². The van der Waals surface area contributed by atoms with E-state index in [9.17, 15) is 5.26 Å². The molecule has 0 radical (unpaired) electrons. The van der Waals surface area contributed by atoms with Crippen LogP contribution in [0.4, 0.5) is 0 Å². The van der Waals surface area contributed by atoms with Gasteiger partial charge in [0.25, 0.3) is 0 Å². The van der Waals surface area contributed by atoms with Gasteiger partial charge in [-0.15, -0.1) is 0 Å². The Labute approximate surface area is 188 Å². The van der Waals surface area contributed by atoms with Crippen LogP contribution < -0.4 is 0 Å². The summed E-state index contributed by atoms with van der Waals surface area (Å²) in [6.07, 6.45) is 2.60. The molecule has 0 amide bonds. The molecule has 166 valence electrons. The lowest BCUT2D eigenvalue weighted by Gasteiger charge is -2.36. The first-order chi connectivity index (χ1) is 14.7. The van der Waals surface area contributed by atoms with Crippen LogP contribution in [0, 0.1) is 11.3 Å². The summed E-state index contributed by atoms with van der Waals surface area (Å²) in [5.41, 5.74) is 3.82. The Morgan fingerprint density at radius 2 is 1.84 bits per heavy atom. The Morgan fingerprint density at radius 1 is 1.10 bits per heavy atom. The number of rotatable bonds is 7. The first kappa shape index (κ1) is 23.7. The maximum Gasteiger partial charge on any atom is 0.192 e. The SMILES string of the molecule is CC(C)(C)[Si](C)(C)OCc1ccc([C@H](OC2CCCCO2)c2cccc(C#N)c2)cc1. The molecule has 31 heavy (non-hydrogen) atoms. The molecule has 1 heterocycles. The summed E-state index contributed by atoms with van der Waals surface area (Å²) >= 11 is 0. The molecular formula is C26H35NO3Si. The number of hydrogen-bond acceptors (Lipinski definition) is 4.